The summed E-state index contributed by atoms with van der Waals surface area (Å²) in [6.45, 7) is -0.334. The normalized spacial score (nSPS) is 10.3. The van der Waals surface area contributed by atoms with E-state index in [-0.39, 0.29) is 12.2 Å². The Bertz CT molecular complexity index is 456. The Kier molecular flexibility index (Phi) is 2.74. The van der Waals surface area contributed by atoms with Crippen LogP contribution in [0.3, 0.4) is 0 Å². The SMILES string of the molecule is OCc1cncc(-c2ccccc2)c1F. The molecule has 1 heterocycles. The average molecular weight is 203 g/mol. The van der Waals surface area contributed by atoms with Gasteiger partial charge in [-0.3, -0.25) is 4.98 Å². The van der Waals surface area contributed by atoms with E-state index in [4.69, 9.17) is 5.11 Å². The Hall–Kier alpha value is -1.74. The van der Waals surface area contributed by atoms with Gasteiger partial charge in [-0.05, 0) is 5.56 Å². The maximum atomic E-state index is 13.8. The first-order valence-electron chi connectivity index (χ1n) is 4.61. The van der Waals surface area contributed by atoms with Crippen molar-refractivity contribution >= 4 is 0 Å². The summed E-state index contributed by atoms with van der Waals surface area (Å²) >= 11 is 0. The lowest BCUT2D eigenvalue weighted by Crippen LogP contribution is -1.94. The summed E-state index contributed by atoms with van der Waals surface area (Å²) in [5.41, 5.74) is 1.40. The molecule has 0 fully saturated rings. The van der Waals surface area contributed by atoms with Gasteiger partial charge in [0.1, 0.15) is 5.82 Å². The van der Waals surface area contributed by atoms with Crippen LogP contribution in [-0.4, -0.2) is 10.1 Å². The van der Waals surface area contributed by atoms with Crippen molar-refractivity contribution < 1.29 is 9.50 Å². The molecular weight excluding hydrogens is 193 g/mol. The van der Waals surface area contributed by atoms with Crippen molar-refractivity contribution in [2.75, 3.05) is 0 Å². The maximum absolute atomic E-state index is 13.8. The van der Waals surface area contributed by atoms with E-state index in [1.54, 1.807) is 12.1 Å². The standard InChI is InChI=1S/C12H10FNO/c13-12-10(8-15)6-14-7-11(12)9-4-2-1-3-5-9/h1-7,15H,8H2. The monoisotopic (exact) mass is 203 g/mol. The molecule has 2 nitrogen and oxygen atoms in total. The first-order valence-corrected chi connectivity index (χ1v) is 4.61. The molecule has 15 heavy (non-hydrogen) atoms. The minimum Gasteiger partial charge on any atom is -0.392 e. The number of hydrogen-bond acceptors (Lipinski definition) is 2. The summed E-state index contributed by atoms with van der Waals surface area (Å²) in [6, 6.07) is 9.15. The van der Waals surface area contributed by atoms with Crippen LogP contribution in [0.1, 0.15) is 5.56 Å². The summed E-state index contributed by atoms with van der Waals surface area (Å²) in [5.74, 6) is -0.404. The van der Waals surface area contributed by atoms with E-state index >= 15 is 0 Å². The van der Waals surface area contributed by atoms with E-state index < -0.39 is 5.82 Å². The number of aliphatic hydroxyl groups excluding tert-OH is 1. The lowest BCUT2D eigenvalue weighted by Gasteiger charge is -2.05. The van der Waals surface area contributed by atoms with E-state index in [1.165, 1.54) is 12.4 Å². The zero-order valence-electron chi connectivity index (χ0n) is 8.02. The summed E-state index contributed by atoms with van der Waals surface area (Å²) in [7, 11) is 0. The maximum Gasteiger partial charge on any atom is 0.139 e. The molecule has 0 amide bonds. The van der Waals surface area contributed by atoms with Gasteiger partial charge in [-0.15, -0.1) is 0 Å². The first kappa shape index (κ1) is 9.80. The van der Waals surface area contributed by atoms with Gasteiger partial charge >= 0.3 is 0 Å². The predicted molar refractivity (Wildman–Crippen MR) is 55.6 cm³/mol. The Morgan fingerprint density at radius 1 is 1.13 bits per heavy atom. The second-order valence-electron chi connectivity index (χ2n) is 3.18. The van der Waals surface area contributed by atoms with Crippen LogP contribution in [0.2, 0.25) is 0 Å². The molecule has 0 unspecified atom stereocenters. The molecule has 0 saturated heterocycles. The number of benzene rings is 1. The minimum atomic E-state index is -0.404. The third-order valence-corrected chi connectivity index (χ3v) is 2.21. The Labute approximate surface area is 87.0 Å². The zero-order chi connectivity index (χ0) is 10.7. The number of nitrogens with zero attached hydrogens (tertiary/aromatic N) is 1. The molecular formula is C12H10FNO. The van der Waals surface area contributed by atoms with Gasteiger partial charge in [-0.25, -0.2) is 4.39 Å². The van der Waals surface area contributed by atoms with Crippen molar-refractivity contribution in [3.05, 3.63) is 54.1 Å². The fourth-order valence-electron chi connectivity index (χ4n) is 1.42. The molecule has 0 bridgehead atoms. The smallest absolute Gasteiger partial charge is 0.139 e. The highest BCUT2D eigenvalue weighted by Gasteiger charge is 2.09. The molecule has 0 aliphatic heterocycles. The molecule has 3 heteroatoms. The van der Waals surface area contributed by atoms with Crippen LogP contribution in [0, 0.1) is 5.82 Å². The van der Waals surface area contributed by atoms with Crippen molar-refractivity contribution in [3.8, 4) is 11.1 Å². The van der Waals surface area contributed by atoms with E-state index in [2.05, 4.69) is 4.98 Å². The van der Waals surface area contributed by atoms with Gasteiger partial charge in [-0.2, -0.15) is 0 Å². The minimum absolute atomic E-state index is 0.219. The molecule has 0 aliphatic rings. The molecule has 0 spiro atoms. The predicted octanol–water partition coefficient (Wildman–Crippen LogP) is 2.38. The quantitative estimate of drug-likeness (QED) is 0.812. The van der Waals surface area contributed by atoms with Crippen molar-refractivity contribution in [1.82, 2.24) is 4.98 Å². The van der Waals surface area contributed by atoms with Crippen LogP contribution in [0.15, 0.2) is 42.7 Å². The van der Waals surface area contributed by atoms with E-state index in [9.17, 15) is 4.39 Å². The number of pyridine rings is 1. The van der Waals surface area contributed by atoms with Crippen molar-refractivity contribution in [3.63, 3.8) is 0 Å². The molecule has 0 saturated carbocycles. The topological polar surface area (TPSA) is 33.1 Å². The number of halogens is 1. The summed E-state index contributed by atoms with van der Waals surface area (Å²) in [5, 5.41) is 8.91. The van der Waals surface area contributed by atoms with Crippen LogP contribution in [-0.2, 0) is 6.61 Å². The molecule has 1 N–H and O–H groups in total. The zero-order valence-corrected chi connectivity index (χ0v) is 8.02. The highest BCUT2D eigenvalue weighted by Crippen LogP contribution is 2.23. The van der Waals surface area contributed by atoms with Gasteiger partial charge in [0.2, 0.25) is 0 Å². The van der Waals surface area contributed by atoms with Crippen molar-refractivity contribution in [2.24, 2.45) is 0 Å². The molecule has 1 aromatic carbocycles. The Morgan fingerprint density at radius 2 is 1.87 bits per heavy atom. The molecule has 0 aliphatic carbocycles. The van der Waals surface area contributed by atoms with Gasteiger partial charge in [0.15, 0.2) is 0 Å². The first-order chi connectivity index (χ1) is 7.33. The fourth-order valence-corrected chi connectivity index (χ4v) is 1.42. The van der Waals surface area contributed by atoms with E-state index in [0.717, 1.165) is 5.56 Å². The van der Waals surface area contributed by atoms with Crippen LogP contribution in [0.5, 0.6) is 0 Å². The second kappa shape index (κ2) is 4.19. The number of rotatable bonds is 2. The number of aromatic nitrogens is 1. The number of hydrogen-bond donors (Lipinski definition) is 1. The number of aliphatic hydroxyl groups is 1. The Morgan fingerprint density at radius 3 is 2.53 bits per heavy atom. The summed E-state index contributed by atoms with van der Waals surface area (Å²) in [6.07, 6.45) is 2.80. The average Bonchev–Trinajstić information content (AvgIpc) is 2.30. The summed E-state index contributed by atoms with van der Waals surface area (Å²) < 4.78 is 13.8. The van der Waals surface area contributed by atoms with Gasteiger partial charge in [0, 0.05) is 23.5 Å². The second-order valence-corrected chi connectivity index (χ2v) is 3.18. The molecule has 76 valence electrons. The lowest BCUT2D eigenvalue weighted by atomic mass is 10.1. The molecule has 0 radical (unpaired) electrons. The lowest BCUT2D eigenvalue weighted by molar-refractivity contribution is 0.275. The third-order valence-electron chi connectivity index (χ3n) is 2.21. The van der Waals surface area contributed by atoms with Crippen LogP contribution >= 0.6 is 0 Å². The summed E-state index contributed by atoms with van der Waals surface area (Å²) in [4.78, 5) is 3.89. The highest BCUT2D eigenvalue weighted by atomic mass is 19.1. The van der Waals surface area contributed by atoms with Crippen LogP contribution < -0.4 is 0 Å². The van der Waals surface area contributed by atoms with E-state index in [0.29, 0.717) is 5.56 Å². The van der Waals surface area contributed by atoms with Gasteiger partial charge in [-0.1, -0.05) is 30.3 Å². The van der Waals surface area contributed by atoms with Crippen molar-refractivity contribution in [2.45, 2.75) is 6.61 Å². The molecule has 0 atom stereocenters. The third kappa shape index (κ3) is 1.87. The van der Waals surface area contributed by atoms with Gasteiger partial charge < -0.3 is 5.11 Å². The molecule has 1 aromatic heterocycles. The van der Waals surface area contributed by atoms with Gasteiger partial charge in [0.25, 0.3) is 0 Å². The highest BCUT2D eigenvalue weighted by molar-refractivity contribution is 5.63. The molecule has 2 rings (SSSR count). The molecule has 2 aromatic rings. The van der Waals surface area contributed by atoms with E-state index in [1.807, 2.05) is 18.2 Å². The Balaban J connectivity index is 2.54. The van der Waals surface area contributed by atoms with Crippen LogP contribution in [0.25, 0.3) is 11.1 Å². The largest absolute Gasteiger partial charge is 0.392 e. The van der Waals surface area contributed by atoms with Crippen LogP contribution in [0.4, 0.5) is 4.39 Å². The van der Waals surface area contributed by atoms with Crippen molar-refractivity contribution in [1.29, 1.82) is 0 Å². The fraction of sp³-hybridized carbons (Fsp3) is 0.0833. The van der Waals surface area contributed by atoms with Gasteiger partial charge in [0.05, 0.1) is 6.61 Å².